The van der Waals surface area contributed by atoms with Crippen LogP contribution >= 0.6 is 0 Å². The van der Waals surface area contributed by atoms with Crippen molar-refractivity contribution < 1.29 is 4.79 Å². The first-order valence-corrected chi connectivity index (χ1v) is 7.30. The van der Waals surface area contributed by atoms with Crippen molar-refractivity contribution in [3.8, 4) is 0 Å². The molecule has 1 heterocycles. The number of anilines is 1. The molecule has 0 aliphatic carbocycles. The number of aryl methyl sites for hydroxylation is 1. The molecule has 0 radical (unpaired) electrons. The molecule has 0 saturated heterocycles. The van der Waals surface area contributed by atoms with Crippen LogP contribution in [0.4, 0.5) is 10.5 Å². The Morgan fingerprint density at radius 1 is 1.18 bits per heavy atom. The zero-order valence-electron chi connectivity index (χ0n) is 12.4. The number of benzene rings is 2. The van der Waals surface area contributed by atoms with Crippen molar-refractivity contribution in [3.63, 3.8) is 0 Å². The highest BCUT2D eigenvalue weighted by molar-refractivity contribution is 6.01. The molecule has 2 aromatic carbocycles. The molecule has 2 N–H and O–H groups in total. The van der Waals surface area contributed by atoms with Crippen molar-refractivity contribution >= 4 is 22.5 Å². The lowest BCUT2D eigenvalue weighted by Gasteiger charge is -2.09. The van der Waals surface area contributed by atoms with Gasteiger partial charge in [0.25, 0.3) is 0 Å². The van der Waals surface area contributed by atoms with Gasteiger partial charge in [0.15, 0.2) is 0 Å². The molecule has 0 spiro atoms. The summed E-state index contributed by atoms with van der Waals surface area (Å²) >= 11 is 0. The highest BCUT2D eigenvalue weighted by atomic mass is 16.2. The van der Waals surface area contributed by atoms with Gasteiger partial charge >= 0.3 is 6.03 Å². The second-order valence-electron chi connectivity index (χ2n) is 5.04. The topological polar surface area (TPSA) is 59.0 Å². The molecule has 3 aromatic rings. The van der Waals surface area contributed by atoms with Crippen LogP contribution in [0.5, 0.6) is 0 Å². The Morgan fingerprint density at radius 2 is 2.00 bits per heavy atom. The summed E-state index contributed by atoms with van der Waals surface area (Å²) in [6.07, 6.45) is 3.69. The van der Waals surface area contributed by atoms with E-state index in [1.807, 2.05) is 60.3 Å². The fourth-order valence-corrected chi connectivity index (χ4v) is 2.35. The van der Waals surface area contributed by atoms with Crippen molar-refractivity contribution in [2.75, 3.05) is 5.32 Å². The molecule has 0 fully saturated rings. The van der Waals surface area contributed by atoms with Gasteiger partial charge in [0.2, 0.25) is 0 Å². The number of nitrogens with one attached hydrogen (secondary N) is 2. The molecule has 22 heavy (non-hydrogen) atoms. The van der Waals surface area contributed by atoms with Gasteiger partial charge in [-0.2, -0.15) is 5.10 Å². The molecule has 0 aliphatic heterocycles. The summed E-state index contributed by atoms with van der Waals surface area (Å²) in [5, 5.41) is 12.1. The van der Waals surface area contributed by atoms with E-state index in [9.17, 15) is 4.79 Å². The molecule has 5 nitrogen and oxygen atoms in total. The van der Waals surface area contributed by atoms with Crippen LogP contribution in [0.25, 0.3) is 10.8 Å². The van der Waals surface area contributed by atoms with Gasteiger partial charge in [-0.05, 0) is 18.4 Å². The van der Waals surface area contributed by atoms with Crippen molar-refractivity contribution in [1.82, 2.24) is 15.1 Å². The lowest BCUT2D eigenvalue weighted by atomic mass is 10.1. The molecule has 3 rings (SSSR count). The van der Waals surface area contributed by atoms with Gasteiger partial charge in [-0.1, -0.05) is 36.4 Å². The van der Waals surface area contributed by atoms with Gasteiger partial charge in [0.1, 0.15) is 0 Å². The van der Waals surface area contributed by atoms with Crippen LogP contribution in [-0.2, 0) is 13.1 Å². The van der Waals surface area contributed by atoms with Crippen LogP contribution in [0, 0.1) is 0 Å². The number of hydrogen-bond acceptors (Lipinski definition) is 2. The molecule has 0 saturated carbocycles. The van der Waals surface area contributed by atoms with Gasteiger partial charge in [0.05, 0.1) is 11.9 Å². The maximum absolute atomic E-state index is 12.1. The quantitative estimate of drug-likeness (QED) is 0.775. The van der Waals surface area contributed by atoms with Crippen LogP contribution in [0.15, 0.2) is 54.9 Å². The van der Waals surface area contributed by atoms with E-state index in [1.54, 1.807) is 6.20 Å². The highest BCUT2D eigenvalue weighted by Gasteiger charge is 2.05. The second-order valence-corrected chi connectivity index (χ2v) is 5.04. The zero-order valence-corrected chi connectivity index (χ0v) is 12.4. The number of aromatic nitrogens is 2. The molecule has 1 aromatic heterocycles. The van der Waals surface area contributed by atoms with Crippen molar-refractivity contribution in [2.24, 2.45) is 0 Å². The maximum atomic E-state index is 12.1. The van der Waals surface area contributed by atoms with E-state index < -0.39 is 0 Å². The number of rotatable bonds is 4. The van der Waals surface area contributed by atoms with Crippen LogP contribution in [0.1, 0.15) is 12.5 Å². The lowest BCUT2D eigenvalue weighted by Crippen LogP contribution is -2.28. The molecule has 5 heteroatoms. The lowest BCUT2D eigenvalue weighted by molar-refractivity contribution is 0.252. The van der Waals surface area contributed by atoms with E-state index in [-0.39, 0.29) is 6.03 Å². The Hall–Kier alpha value is -2.82. The first-order valence-electron chi connectivity index (χ1n) is 7.30. The molecule has 0 bridgehead atoms. The van der Waals surface area contributed by atoms with Gasteiger partial charge in [-0.15, -0.1) is 0 Å². The molecule has 0 aliphatic rings. The average Bonchev–Trinajstić information content (AvgIpc) is 3.01. The van der Waals surface area contributed by atoms with Crippen molar-refractivity contribution in [1.29, 1.82) is 0 Å². The van der Waals surface area contributed by atoms with E-state index >= 15 is 0 Å². The van der Waals surface area contributed by atoms with E-state index in [2.05, 4.69) is 15.7 Å². The third kappa shape index (κ3) is 3.09. The number of carbonyl (C=O) groups is 1. The minimum Gasteiger partial charge on any atom is -0.334 e. The SMILES string of the molecule is CCn1cc(CNC(=O)Nc2cccc3ccccc23)cn1. The van der Waals surface area contributed by atoms with Crippen molar-refractivity contribution in [2.45, 2.75) is 20.0 Å². The van der Waals surface area contributed by atoms with Crippen molar-refractivity contribution in [3.05, 3.63) is 60.4 Å². The fourth-order valence-electron chi connectivity index (χ4n) is 2.35. The summed E-state index contributed by atoms with van der Waals surface area (Å²) in [6.45, 7) is 3.30. The molecule has 2 amide bonds. The monoisotopic (exact) mass is 294 g/mol. The zero-order chi connectivity index (χ0) is 15.4. The Kier molecular flexibility index (Phi) is 4.05. The van der Waals surface area contributed by atoms with Gasteiger partial charge in [-0.25, -0.2) is 4.79 Å². The standard InChI is InChI=1S/C17H18N4O/c1-2-21-12-13(11-19-21)10-18-17(22)20-16-9-5-7-14-6-3-4-8-15(14)16/h3-9,11-12H,2,10H2,1H3,(H2,18,20,22). The van der Waals surface area contributed by atoms with Gasteiger partial charge in [0, 0.05) is 30.2 Å². The second kappa shape index (κ2) is 6.30. The number of carbonyl (C=O) groups excluding carboxylic acids is 1. The molecule has 0 atom stereocenters. The molecular formula is C17H18N4O. The molecule has 112 valence electrons. The van der Waals surface area contributed by atoms with Crippen LogP contribution in [-0.4, -0.2) is 15.8 Å². The Bertz CT molecular complexity index is 789. The third-order valence-electron chi connectivity index (χ3n) is 3.50. The number of amides is 2. The van der Waals surface area contributed by atoms with E-state index in [1.165, 1.54) is 0 Å². The highest BCUT2D eigenvalue weighted by Crippen LogP contribution is 2.22. The normalized spacial score (nSPS) is 10.6. The van der Waals surface area contributed by atoms with E-state index in [0.717, 1.165) is 28.6 Å². The Balaban J connectivity index is 1.65. The predicted molar refractivity (Wildman–Crippen MR) is 87.7 cm³/mol. The molecular weight excluding hydrogens is 276 g/mol. The average molecular weight is 294 g/mol. The smallest absolute Gasteiger partial charge is 0.319 e. The first kappa shape index (κ1) is 14.1. The first-order chi connectivity index (χ1) is 10.8. The Labute approximate surface area is 128 Å². The maximum Gasteiger partial charge on any atom is 0.319 e. The minimum absolute atomic E-state index is 0.222. The molecule has 0 unspecified atom stereocenters. The van der Waals surface area contributed by atoms with E-state index in [0.29, 0.717) is 6.54 Å². The summed E-state index contributed by atoms with van der Waals surface area (Å²) in [5.41, 5.74) is 1.79. The third-order valence-corrected chi connectivity index (χ3v) is 3.50. The number of fused-ring (bicyclic) bond motifs is 1. The fraction of sp³-hybridized carbons (Fsp3) is 0.176. The minimum atomic E-state index is -0.222. The summed E-state index contributed by atoms with van der Waals surface area (Å²) in [4.78, 5) is 12.1. The van der Waals surface area contributed by atoms with Gasteiger partial charge < -0.3 is 10.6 Å². The van der Waals surface area contributed by atoms with E-state index in [4.69, 9.17) is 0 Å². The number of urea groups is 1. The van der Waals surface area contributed by atoms with Gasteiger partial charge in [-0.3, -0.25) is 4.68 Å². The van der Waals surface area contributed by atoms with Crippen LogP contribution in [0.3, 0.4) is 0 Å². The number of nitrogens with zero attached hydrogens (tertiary/aromatic N) is 2. The van der Waals surface area contributed by atoms with Crippen LogP contribution < -0.4 is 10.6 Å². The summed E-state index contributed by atoms with van der Waals surface area (Å²) in [5.74, 6) is 0. The Morgan fingerprint density at radius 3 is 2.82 bits per heavy atom. The number of hydrogen-bond donors (Lipinski definition) is 2. The largest absolute Gasteiger partial charge is 0.334 e. The van der Waals surface area contributed by atoms with Crippen LogP contribution in [0.2, 0.25) is 0 Å². The summed E-state index contributed by atoms with van der Waals surface area (Å²) < 4.78 is 1.83. The predicted octanol–water partition coefficient (Wildman–Crippen LogP) is 3.38. The summed E-state index contributed by atoms with van der Waals surface area (Å²) in [7, 11) is 0. The summed E-state index contributed by atoms with van der Waals surface area (Å²) in [6, 6.07) is 13.6.